The van der Waals surface area contributed by atoms with Crippen molar-refractivity contribution in [3.8, 4) is 0 Å². The van der Waals surface area contributed by atoms with Crippen molar-refractivity contribution < 1.29 is 4.74 Å². The largest absolute Gasteiger partial charge is 0.367 e. The normalized spacial score (nSPS) is 26.1. The molecule has 1 heterocycles. The lowest BCUT2D eigenvalue weighted by Crippen LogP contribution is -2.02. The van der Waals surface area contributed by atoms with Gasteiger partial charge in [0.25, 0.3) is 0 Å². The van der Waals surface area contributed by atoms with Crippen LogP contribution < -0.4 is 0 Å². The van der Waals surface area contributed by atoms with Gasteiger partial charge >= 0.3 is 0 Å². The average Bonchev–Trinajstić information content (AvgIpc) is 2.62. The minimum Gasteiger partial charge on any atom is -0.367 e. The zero-order valence-corrected chi connectivity index (χ0v) is 12.3. The predicted octanol–water partition coefficient (Wildman–Crippen LogP) is 5.17. The summed E-state index contributed by atoms with van der Waals surface area (Å²) in [5.41, 5.74) is 1.47. The van der Waals surface area contributed by atoms with Crippen LogP contribution in [0.3, 0.4) is 0 Å². The number of hydrogen-bond acceptors (Lipinski definition) is 2. The van der Waals surface area contributed by atoms with Crippen LogP contribution in [-0.2, 0) is 4.74 Å². The number of thioether (sulfide) groups is 1. The van der Waals surface area contributed by atoms with E-state index in [0.717, 1.165) is 18.6 Å². The third kappa shape index (κ3) is 3.78. The molecule has 0 aliphatic carbocycles. The second kappa shape index (κ2) is 5.83. The van der Waals surface area contributed by atoms with Crippen LogP contribution in [0.25, 0.3) is 0 Å². The molecule has 1 fully saturated rings. The van der Waals surface area contributed by atoms with Crippen LogP contribution in [0.4, 0.5) is 0 Å². The maximum atomic E-state index is 6.01. The van der Waals surface area contributed by atoms with Crippen molar-refractivity contribution in [2.45, 2.75) is 31.0 Å². The second-order valence-electron chi connectivity index (χ2n) is 4.58. The van der Waals surface area contributed by atoms with Gasteiger partial charge in [-0.15, -0.1) is 11.8 Å². The van der Waals surface area contributed by atoms with Gasteiger partial charge in [0.15, 0.2) is 0 Å². The molecule has 2 rings (SSSR count). The highest BCUT2D eigenvalue weighted by Crippen LogP contribution is 2.39. The van der Waals surface area contributed by atoms with Gasteiger partial charge in [-0.3, -0.25) is 0 Å². The van der Waals surface area contributed by atoms with Gasteiger partial charge in [0.1, 0.15) is 5.44 Å². The van der Waals surface area contributed by atoms with Crippen LogP contribution >= 0.6 is 35.0 Å². The first-order chi connectivity index (χ1) is 8.04. The van der Waals surface area contributed by atoms with Crippen molar-refractivity contribution in [1.29, 1.82) is 0 Å². The molecule has 0 N–H and O–H groups in total. The van der Waals surface area contributed by atoms with E-state index < -0.39 is 0 Å². The lowest BCUT2D eigenvalue weighted by atomic mass is 10.2. The molecule has 0 radical (unpaired) electrons. The highest BCUT2D eigenvalue weighted by Gasteiger charge is 2.24. The average molecular weight is 291 g/mol. The van der Waals surface area contributed by atoms with Crippen LogP contribution in [0.15, 0.2) is 18.2 Å². The number of rotatable bonds is 3. The molecule has 1 saturated heterocycles. The summed E-state index contributed by atoms with van der Waals surface area (Å²) in [6.45, 7) is 5.27. The third-order valence-corrected chi connectivity index (χ3v) is 4.62. The quantitative estimate of drug-likeness (QED) is 0.759. The van der Waals surface area contributed by atoms with Gasteiger partial charge in [-0.1, -0.05) is 30.1 Å². The SMILES string of the molecule is C[C@H]1COC(S[C@@H](C)c2cc(Cl)cc(Cl)c2)C1. The molecule has 1 aliphatic heterocycles. The summed E-state index contributed by atoms with van der Waals surface area (Å²) in [5.74, 6) is 0.669. The van der Waals surface area contributed by atoms with Gasteiger partial charge in [0, 0.05) is 15.3 Å². The second-order valence-corrected chi connectivity index (χ2v) is 6.96. The molecule has 1 aromatic carbocycles. The summed E-state index contributed by atoms with van der Waals surface area (Å²) in [5, 5.41) is 1.74. The van der Waals surface area contributed by atoms with E-state index in [4.69, 9.17) is 27.9 Å². The fourth-order valence-corrected chi connectivity index (χ4v) is 3.84. The van der Waals surface area contributed by atoms with Gasteiger partial charge in [-0.05, 0) is 43.0 Å². The van der Waals surface area contributed by atoms with Crippen LogP contribution in [0.2, 0.25) is 10.0 Å². The van der Waals surface area contributed by atoms with Crippen molar-refractivity contribution in [2.24, 2.45) is 5.92 Å². The monoisotopic (exact) mass is 290 g/mol. The van der Waals surface area contributed by atoms with E-state index in [9.17, 15) is 0 Å². The molecule has 17 heavy (non-hydrogen) atoms. The van der Waals surface area contributed by atoms with E-state index in [1.165, 1.54) is 0 Å². The van der Waals surface area contributed by atoms with Crippen LogP contribution in [0, 0.1) is 5.92 Å². The van der Waals surface area contributed by atoms with Crippen LogP contribution in [0.1, 0.15) is 31.1 Å². The van der Waals surface area contributed by atoms with Gasteiger partial charge in [0.05, 0.1) is 6.61 Å². The highest BCUT2D eigenvalue weighted by atomic mass is 35.5. The van der Waals surface area contributed by atoms with Crippen LogP contribution in [0.5, 0.6) is 0 Å². The Labute approximate surface area is 117 Å². The lowest BCUT2D eigenvalue weighted by Gasteiger charge is -2.16. The first-order valence-corrected chi connectivity index (χ1v) is 7.47. The Bertz CT molecular complexity index is 377. The molecule has 0 amide bonds. The summed E-state index contributed by atoms with van der Waals surface area (Å²) >= 11 is 13.9. The molecule has 1 nitrogen and oxygen atoms in total. The fourth-order valence-electron chi connectivity index (χ4n) is 1.95. The van der Waals surface area contributed by atoms with Crippen molar-refractivity contribution in [3.63, 3.8) is 0 Å². The van der Waals surface area contributed by atoms with E-state index in [-0.39, 0.29) is 0 Å². The first-order valence-electron chi connectivity index (χ1n) is 5.77. The summed E-state index contributed by atoms with van der Waals surface area (Å²) < 4.78 is 5.71. The zero-order valence-electron chi connectivity index (χ0n) is 9.95. The fraction of sp³-hybridized carbons (Fsp3) is 0.538. The molecule has 1 unspecified atom stereocenters. The first kappa shape index (κ1) is 13.5. The Balaban J connectivity index is 2.01. The third-order valence-electron chi connectivity index (χ3n) is 2.87. The molecule has 0 spiro atoms. The summed E-state index contributed by atoms with van der Waals surface area (Å²) in [6.07, 6.45) is 1.13. The van der Waals surface area contributed by atoms with Crippen molar-refractivity contribution in [3.05, 3.63) is 33.8 Å². The van der Waals surface area contributed by atoms with Crippen molar-refractivity contribution in [2.75, 3.05) is 6.61 Å². The zero-order chi connectivity index (χ0) is 12.4. The molecular weight excluding hydrogens is 275 g/mol. The smallest absolute Gasteiger partial charge is 0.104 e. The molecule has 0 bridgehead atoms. The molecular formula is C13H16Cl2OS. The van der Waals surface area contributed by atoms with E-state index in [2.05, 4.69) is 13.8 Å². The molecule has 0 saturated carbocycles. The Hall–Kier alpha value is 0.110. The molecule has 94 valence electrons. The Morgan fingerprint density at radius 1 is 1.29 bits per heavy atom. The van der Waals surface area contributed by atoms with Gasteiger partial charge in [-0.25, -0.2) is 0 Å². The summed E-state index contributed by atoms with van der Waals surface area (Å²) in [4.78, 5) is 0. The van der Waals surface area contributed by atoms with Crippen molar-refractivity contribution >= 4 is 35.0 Å². The standard InChI is InChI=1S/C13H16Cl2OS/c1-8-3-13(16-7-8)17-9(2)10-4-11(14)6-12(15)5-10/h4-6,8-9,13H,3,7H2,1-2H3/t8-,9+,13?/m1/s1. The number of hydrogen-bond donors (Lipinski definition) is 0. The van der Waals surface area contributed by atoms with Gasteiger partial charge in [0.2, 0.25) is 0 Å². The molecule has 0 aromatic heterocycles. The summed E-state index contributed by atoms with van der Waals surface area (Å²) in [7, 11) is 0. The molecule has 1 aromatic rings. The van der Waals surface area contributed by atoms with Crippen LogP contribution in [-0.4, -0.2) is 12.0 Å². The maximum Gasteiger partial charge on any atom is 0.104 e. The van der Waals surface area contributed by atoms with Gasteiger partial charge in [-0.2, -0.15) is 0 Å². The molecule has 4 heteroatoms. The predicted molar refractivity (Wildman–Crippen MR) is 76.0 cm³/mol. The number of halogens is 2. The lowest BCUT2D eigenvalue weighted by molar-refractivity contribution is 0.166. The topological polar surface area (TPSA) is 9.23 Å². The molecule has 3 atom stereocenters. The Morgan fingerprint density at radius 2 is 1.94 bits per heavy atom. The number of ether oxygens (including phenoxy) is 1. The minimum atomic E-state index is 0.303. The van der Waals surface area contributed by atoms with E-state index in [1.807, 2.05) is 23.9 Å². The minimum absolute atomic E-state index is 0.303. The highest BCUT2D eigenvalue weighted by molar-refractivity contribution is 8.00. The Kier molecular flexibility index (Phi) is 4.65. The number of benzene rings is 1. The molecule has 1 aliphatic rings. The van der Waals surface area contributed by atoms with E-state index in [1.54, 1.807) is 6.07 Å². The van der Waals surface area contributed by atoms with E-state index >= 15 is 0 Å². The van der Waals surface area contributed by atoms with E-state index in [0.29, 0.717) is 26.6 Å². The van der Waals surface area contributed by atoms with Gasteiger partial charge < -0.3 is 4.74 Å². The van der Waals surface area contributed by atoms with Crippen molar-refractivity contribution in [1.82, 2.24) is 0 Å². The Morgan fingerprint density at radius 3 is 2.47 bits per heavy atom. The summed E-state index contributed by atoms with van der Waals surface area (Å²) in [6, 6.07) is 5.71. The maximum absolute atomic E-state index is 6.01.